The molecule has 2 N–H and O–H groups in total. The first-order valence-electron chi connectivity index (χ1n) is 7.58. The minimum atomic E-state index is -0.309. The maximum absolute atomic E-state index is 12.4. The fourth-order valence-electron chi connectivity index (χ4n) is 2.26. The minimum absolute atomic E-state index is 0.299. The molecule has 1 aromatic heterocycles. The molecule has 126 valence electrons. The summed E-state index contributed by atoms with van der Waals surface area (Å²) in [6.45, 7) is 0. The molecule has 3 rings (SSSR count). The summed E-state index contributed by atoms with van der Waals surface area (Å²) in [7, 11) is 1.61. The highest BCUT2D eigenvalue weighted by atomic mass is 35.5. The van der Waals surface area contributed by atoms with E-state index in [-0.39, 0.29) is 5.91 Å². The highest BCUT2D eigenvalue weighted by Gasteiger charge is 2.09. The van der Waals surface area contributed by atoms with Crippen molar-refractivity contribution in [2.45, 2.75) is 0 Å². The highest BCUT2D eigenvalue weighted by molar-refractivity contribution is 6.30. The second kappa shape index (κ2) is 7.68. The number of carbonyl (C=O) groups is 1. The molecule has 0 saturated heterocycles. The molecule has 25 heavy (non-hydrogen) atoms. The number of pyridine rings is 1. The molecule has 0 bridgehead atoms. The zero-order chi connectivity index (χ0) is 17.6. The predicted octanol–water partition coefficient (Wildman–Crippen LogP) is 4.74. The summed E-state index contributed by atoms with van der Waals surface area (Å²) in [4.78, 5) is 16.5. The molecule has 0 saturated carbocycles. The third-order valence-electron chi connectivity index (χ3n) is 3.43. The Morgan fingerprint density at radius 3 is 2.56 bits per heavy atom. The first kappa shape index (κ1) is 16.8. The second-order valence-corrected chi connectivity index (χ2v) is 5.69. The van der Waals surface area contributed by atoms with Gasteiger partial charge in [0, 0.05) is 34.3 Å². The van der Waals surface area contributed by atoms with Crippen LogP contribution in [0.25, 0.3) is 0 Å². The zero-order valence-electron chi connectivity index (χ0n) is 13.5. The van der Waals surface area contributed by atoms with Gasteiger partial charge in [-0.1, -0.05) is 23.7 Å². The molecule has 0 aliphatic rings. The van der Waals surface area contributed by atoms with E-state index in [1.165, 1.54) is 0 Å². The van der Waals surface area contributed by atoms with E-state index in [0.29, 0.717) is 16.4 Å². The number of methoxy groups -OCH3 is 1. The van der Waals surface area contributed by atoms with Crippen LogP contribution in [-0.4, -0.2) is 18.0 Å². The van der Waals surface area contributed by atoms with E-state index in [1.54, 1.807) is 49.7 Å². The van der Waals surface area contributed by atoms with Crippen molar-refractivity contribution in [3.05, 3.63) is 77.6 Å². The van der Waals surface area contributed by atoms with Crippen LogP contribution in [-0.2, 0) is 0 Å². The number of nitrogens with zero attached hydrogens (tertiary/aromatic N) is 1. The van der Waals surface area contributed by atoms with Gasteiger partial charge in [0.1, 0.15) is 11.4 Å². The Bertz CT molecular complexity index is 899. The molecule has 2 aromatic carbocycles. The molecule has 3 aromatic rings. The quantitative estimate of drug-likeness (QED) is 0.695. The van der Waals surface area contributed by atoms with Gasteiger partial charge in [0.25, 0.3) is 5.91 Å². The van der Waals surface area contributed by atoms with Crippen LogP contribution in [0, 0.1) is 0 Å². The number of amides is 1. The van der Waals surface area contributed by atoms with Crippen LogP contribution in [0.5, 0.6) is 5.75 Å². The van der Waals surface area contributed by atoms with Crippen LogP contribution >= 0.6 is 11.6 Å². The number of anilines is 3. The number of hydrogen-bond donors (Lipinski definition) is 2. The predicted molar refractivity (Wildman–Crippen MR) is 99.9 cm³/mol. The SMILES string of the molecule is COc1cccc(Nc2ccnc(C(=O)Nc3cccc(Cl)c3)c2)c1. The largest absolute Gasteiger partial charge is 0.497 e. The Morgan fingerprint density at radius 2 is 1.76 bits per heavy atom. The average Bonchev–Trinajstić information content (AvgIpc) is 2.62. The zero-order valence-corrected chi connectivity index (χ0v) is 14.2. The van der Waals surface area contributed by atoms with E-state index < -0.39 is 0 Å². The van der Waals surface area contributed by atoms with Gasteiger partial charge in [-0.15, -0.1) is 0 Å². The van der Waals surface area contributed by atoms with Crippen molar-refractivity contribution in [1.82, 2.24) is 4.98 Å². The van der Waals surface area contributed by atoms with Crippen LogP contribution in [0.1, 0.15) is 10.5 Å². The fraction of sp³-hybridized carbons (Fsp3) is 0.0526. The number of nitrogens with one attached hydrogen (secondary N) is 2. The summed E-state index contributed by atoms with van der Waals surface area (Å²) in [5, 5.41) is 6.56. The Labute approximate surface area is 150 Å². The van der Waals surface area contributed by atoms with Crippen molar-refractivity contribution < 1.29 is 9.53 Å². The summed E-state index contributed by atoms with van der Waals surface area (Å²) >= 11 is 5.93. The summed E-state index contributed by atoms with van der Waals surface area (Å²) in [6, 6.07) is 18.0. The van der Waals surface area contributed by atoms with Gasteiger partial charge in [-0.05, 0) is 42.5 Å². The molecule has 1 heterocycles. The van der Waals surface area contributed by atoms with Crippen LogP contribution in [0.2, 0.25) is 5.02 Å². The van der Waals surface area contributed by atoms with E-state index >= 15 is 0 Å². The van der Waals surface area contributed by atoms with Gasteiger partial charge in [-0.3, -0.25) is 9.78 Å². The lowest BCUT2D eigenvalue weighted by Crippen LogP contribution is -2.13. The normalized spacial score (nSPS) is 10.2. The highest BCUT2D eigenvalue weighted by Crippen LogP contribution is 2.22. The van der Waals surface area contributed by atoms with Crippen LogP contribution in [0.4, 0.5) is 17.1 Å². The molecule has 5 nitrogen and oxygen atoms in total. The standard InChI is InChI=1S/C19H16ClN3O2/c1-25-17-7-3-6-15(11-17)22-16-8-9-21-18(12-16)19(24)23-14-5-2-4-13(20)10-14/h2-12H,1H3,(H,21,22)(H,23,24). The fourth-order valence-corrected chi connectivity index (χ4v) is 2.45. The van der Waals surface area contributed by atoms with E-state index in [0.717, 1.165) is 17.1 Å². The Kier molecular flexibility index (Phi) is 5.16. The molecule has 0 spiro atoms. The second-order valence-electron chi connectivity index (χ2n) is 5.25. The maximum atomic E-state index is 12.4. The van der Waals surface area contributed by atoms with Gasteiger partial charge in [0.05, 0.1) is 7.11 Å². The molecular weight excluding hydrogens is 338 g/mol. The summed E-state index contributed by atoms with van der Waals surface area (Å²) in [5.41, 5.74) is 2.52. The number of halogens is 1. The Morgan fingerprint density at radius 1 is 1.00 bits per heavy atom. The number of benzene rings is 2. The van der Waals surface area contributed by atoms with Crippen molar-refractivity contribution in [2.24, 2.45) is 0 Å². The van der Waals surface area contributed by atoms with E-state index in [1.807, 2.05) is 24.3 Å². The monoisotopic (exact) mass is 353 g/mol. The van der Waals surface area contributed by atoms with E-state index in [2.05, 4.69) is 15.6 Å². The van der Waals surface area contributed by atoms with Crippen molar-refractivity contribution in [2.75, 3.05) is 17.7 Å². The third kappa shape index (κ3) is 4.49. The molecule has 0 radical (unpaired) electrons. The molecular formula is C19H16ClN3O2. The van der Waals surface area contributed by atoms with Crippen molar-refractivity contribution in [3.8, 4) is 5.75 Å². The average molecular weight is 354 g/mol. The molecule has 6 heteroatoms. The Hall–Kier alpha value is -3.05. The summed E-state index contributed by atoms with van der Waals surface area (Å²) in [6.07, 6.45) is 1.58. The lowest BCUT2D eigenvalue weighted by atomic mass is 10.2. The molecule has 1 amide bonds. The molecule has 0 fully saturated rings. The lowest BCUT2D eigenvalue weighted by molar-refractivity contribution is 0.102. The van der Waals surface area contributed by atoms with Gasteiger partial charge in [0.2, 0.25) is 0 Å². The smallest absolute Gasteiger partial charge is 0.274 e. The molecule has 0 aliphatic heterocycles. The summed E-state index contributed by atoms with van der Waals surface area (Å²) in [5.74, 6) is 0.439. The van der Waals surface area contributed by atoms with E-state index in [9.17, 15) is 4.79 Å². The first-order chi connectivity index (χ1) is 12.1. The van der Waals surface area contributed by atoms with Crippen LogP contribution < -0.4 is 15.4 Å². The molecule has 0 unspecified atom stereocenters. The van der Waals surface area contributed by atoms with E-state index in [4.69, 9.17) is 16.3 Å². The maximum Gasteiger partial charge on any atom is 0.274 e. The number of ether oxygens (including phenoxy) is 1. The molecule has 0 aliphatic carbocycles. The number of carbonyl (C=O) groups excluding carboxylic acids is 1. The third-order valence-corrected chi connectivity index (χ3v) is 3.67. The van der Waals surface area contributed by atoms with Crippen molar-refractivity contribution in [3.63, 3.8) is 0 Å². The van der Waals surface area contributed by atoms with Gasteiger partial charge in [-0.25, -0.2) is 0 Å². The number of hydrogen-bond acceptors (Lipinski definition) is 4. The first-order valence-corrected chi connectivity index (χ1v) is 7.96. The lowest BCUT2D eigenvalue weighted by Gasteiger charge is -2.10. The van der Waals surface area contributed by atoms with Gasteiger partial charge >= 0.3 is 0 Å². The number of aromatic nitrogens is 1. The number of rotatable bonds is 5. The summed E-state index contributed by atoms with van der Waals surface area (Å²) < 4.78 is 5.20. The van der Waals surface area contributed by atoms with Gasteiger partial charge in [-0.2, -0.15) is 0 Å². The minimum Gasteiger partial charge on any atom is -0.497 e. The van der Waals surface area contributed by atoms with Gasteiger partial charge in [0.15, 0.2) is 0 Å². The van der Waals surface area contributed by atoms with Crippen molar-refractivity contribution in [1.29, 1.82) is 0 Å². The van der Waals surface area contributed by atoms with Crippen molar-refractivity contribution >= 4 is 34.6 Å². The van der Waals surface area contributed by atoms with Crippen LogP contribution in [0.3, 0.4) is 0 Å². The Balaban J connectivity index is 1.75. The molecule has 0 atom stereocenters. The van der Waals surface area contributed by atoms with Crippen LogP contribution in [0.15, 0.2) is 66.9 Å². The van der Waals surface area contributed by atoms with Gasteiger partial charge < -0.3 is 15.4 Å². The topological polar surface area (TPSA) is 63.2 Å².